The summed E-state index contributed by atoms with van der Waals surface area (Å²) in [6.07, 6.45) is 0. The number of hydrogen-bond donors (Lipinski definition) is 1. The maximum Gasteiger partial charge on any atom is 0.338 e. The molecule has 0 spiro atoms. The highest BCUT2D eigenvalue weighted by Crippen LogP contribution is 2.39. The van der Waals surface area contributed by atoms with Gasteiger partial charge in [-0.25, -0.2) is 4.79 Å². The largest absolute Gasteiger partial charge is 0.454 e. The molecule has 0 aromatic heterocycles. The first-order valence-corrected chi connectivity index (χ1v) is 5.00. The predicted molar refractivity (Wildman–Crippen MR) is 57.1 cm³/mol. The minimum atomic E-state index is -0.731. The Morgan fingerprint density at radius 2 is 2.18 bits per heavy atom. The van der Waals surface area contributed by atoms with Crippen LogP contribution in [0.2, 0.25) is 5.02 Å². The molecule has 1 amide bonds. The molecule has 0 saturated carbocycles. The van der Waals surface area contributed by atoms with Gasteiger partial charge in [-0.05, 0) is 12.1 Å². The smallest absolute Gasteiger partial charge is 0.338 e. The molecule has 2 rings (SSSR count). The zero-order chi connectivity index (χ0) is 12.4. The number of carbonyl (C=O) groups is 2. The number of fused-ring (bicyclic) bond motifs is 1. The highest BCUT2D eigenvalue weighted by Gasteiger charge is 2.21. The summed E-state index contributed by atoms with van der Waals surface area (Å²) in [5.41, 5.74) is 5.02. The van der Waals surface area contributed by atoms with Gasteiger partial charge >= 0.3 is 5.97 Å². The molecule has 6 nitrogen and oxygen atoms in total. The second kappa shape index (κ2) is 4.50. The van der Waals surface area contributed by atoms with Crippen LogP contribution in [0.5, 0.6) is 11.5 Å². The molecular formula is C10H8ClNO5. The van der Waals surface area contributed by atoms with E-state index in [1.165, 1.54) is 12.1 Å². The SMILES string of the molecule is NC(=O)COC(=O)c1cc(Cl)c2c(c1)OCO2. The van der Waals surface area contributed by atoms with Crippen LogP contribution in [-0.4, -0.2) is 25.3 Å². The Balaban J connectivity index is 2.19. The normalized spacial score (nSPS) is 12.3. The highest BCUT2D eigenvalue weighted by atomic mass is 35.5. The highest BCUT2D eigenvalue weighted by molar-refractivity contribution is 6.32. The summed E-state index contributed by atoms with van der Waals surface area (Å²) >= 11 is 5.88. The molecule has 1 aromatic rings. The van der Waals surface area contributed by atoms with Gasteiger partial charge < -0.3 is 19.9 Å². The van der Waals surface area contributed by atoms with E-state index >= 15 is 0 Å². The number of carbonyl (C=O) groups excluding carboxylic acids is 2. The van der Waals surface area contributed by atoms with Crippen molar-refractivity contribution in [2.24, 2.45) is 5.73 Å². The molecule has 1 aromatic carbocycles. The molecule has 0 unspecified atom stereocenters. The fraction of sp³-hybridized carbons (Fsp3) is 0.200. The lowest BCUT2D eigenvalue weighted by Gasteiger charge is -2.04. The first-order chi connectivity index (χ1) is 8.08. The van der Waals surface area contributed by atoms with E-state index in [1.54, 1.807) is 0 Å². The Morgan fingerprint density at radius 1 is 1.41 bits per heavy atom. The Kier molecular flexibility index (Phi) is 3.06. The third-order valence-corrected chi connectivity index (χ3v) is 2.29. The van der Waals surface area contributed by atoms with Crippen molar-refractivity contribution in [2.75, 3.05) is 13.4 Å². The Hall–Kier alpha value is -1.95. The quantitative estimate of drug-likeness (QED) is 0.806. The summed E-state index contributed by atoms with van der Waals surface area (Å²) in [4.78, 5) is 22.0. The van der Waals surface area contributed by atoms with Crippen molar-refractivity contribution in [1.82, 2.24) is 0 Å². The maximum absolute atomic E-state index is 11.5. The van der Waals surface area contributed by atoms with Crippen LogP contribution >= 0.6 is 11.6 Å². The number of rotatable bonds is 3. The maximum atomic E-state index is 11.5. The molecule has 0 aliphatic carbocycles. The Labute approximate surface area is 101 Å². The molecule has 0 atom stereocenters. The first-order valence-electron chi connectivity index (χ1n) is 4.62. The van der Waals surface area contributed by atoms with Crippen LogP contribution in [-0.2, 0) is 9.53 Å². The average Bonchev–Trinajstić information content (AvgIpc) is 2.74. The Morgan fingerprint density at radius 3 is 2.88 bits per heavy atom. The molecule has 1 aliphatic heterocycles. The standard InChI is InChI=1S/C10H8ClNO5/c11-6-1-5(10(14)15-3-8(12)13)2-7-9(6)17-4-16-7/h1-2H,3-4H2,(H2,12,13). The van der Waals surface area contributed by atoms with Gasteiger partial charge in [-0.15, -0.1) is 0 Å². The molecular weight excluding hydrogens is 250 g/mol. The van der Waals surface area contributed by atoms with Crippen molar-refractivity contribution in [3.63, 3.8) is 0 Å². The Bertz CT molecular complexity index is 488. The number of nitrogens with two attached hydrogens (primary N) is 1. The monoisotopic (exact) mass is 257 g/mol. The summed E-state index contributed by atoms with van der Waals surface area (Å²) in [5.74, 6) is -0.684. The fourth-order valence-corrected chi connectivity index (χ4v) is 1.57. The third kappa shape index (κ3) is 2.42. The van der Waals surface area contributed by atoms with Gasteiger partial charge in [-0.2, -0.15) is 0 Å². The van der Waals surface area contributed by atoms with Crippen LogP contribution in [0.4, 0.5) is 0 Å². The van der Waals surface area contributed by atoms with E-state index in [0.717, 1.165) is 0 Å². The van der Waals surface area contributed by atoms with E-state index < -0.39 is 18.5 Å². The number of benzene rings is 1. The molecule has 0 fully saturated rings. The molecule has 1 aliphatic rings. The minimum Gasteiger partial charge on any atom is -0.454 e. The number of ether oxygens (including phenoxy) is 3. The zero-order valence-electron chi connectivity index (χ0n) is 8.57. The molecule has 17 heavy (non-hydrogen) atoms. The van der Waals surface area contributed by atoms with Crippen LogP contribution in [0.3, 0.4) is 0 Å². The number of halogens is 1. The van der Waals surface area contributed by atoms with E-state index in [2.05, 4.69) is 4.74 Å². The number of amides is 1. The summed E-state index contributed by atoms with van der Waals surface area (Å²) in [7, 11) is 0. The van der Waals surface area contributed by atoms with Gasteiger partial charge in [-0.3, -0.25) is 4.79 Å². The molecule has 1 heterocycles. The van der Waals surface area contributed by atoms with Crippen molar-refractivity contribution in [3.8, 4) is 11.5 Å². The number of esters is 1. The summed E-state index contributed by atoms with van der Waals surface area (Å²) in [6.45, 7) is -0.431. The van der Waals surface area contributed by atoms with Gasteiger partial charge in [-0.1, -0.05) is 11.6 Å². The molecule has 7 heteroatoms. The van der Waals surface area contributed by atoms with Gasteiger partial charge in [0.25, 0.3) is 5.91 Å². The van der Waals surface area contributed by atoms with Crippen molar-refractivity contribution in [1.29, 1.82) is 0 Å². The van der Waals surface area contributed by atoms with Crippen molar-refractivity contribution < 1.29 is 23.8 Å². The number of hydrogen-bond acceptors (Lipinski definition) is 5. The second-order valence-electron chi connectivity index (χ2n) is 3.23. The lowest BCUT2D eigenvalue weighted by atomic mass is 10.2. The molecule has 0 saturated heterocycles. The van der Waals surface area contributed by atoms with E-state index in [0.29, 0.717) is 11.5 Å². The van der Waals surface area contributed by atoms with Gasteiger partial charge in [0.15, 0.2) is 18.1 Å². The van der Waals surface area contributed by atoms with Crippen LogP contribution in [0, 0.1) is 0 Å². The topological polar surface area (TPSA) is 87.9 Å². The first kappa shape index (κ1) is 11.5. The van der Waals surface area contributed by atoms with Gasteiger partial charge in [0.2, 0.25) is 6.79 Å². The average molecular weight is 258 g/mol. The minimum absolute atomic E-state index is 0.0504. The van der Waals surface area contributed by atoms with Crippen LogP contribution in [0.1, 0.15) is 10.4 Å². The van der Waals surface area contributed by atoms with Crippen molar-refractivity contribution in [3.05, 3.63) is 22.7 Å². The summed E-state index contributed by atoms with van der Waals surface area (Å²) in [6, 6.07) is 2.80. The summed E-state index contributed by atoms with van der Waals surface area (Å²) in [5, 5.41) is 0.242. The molecule has 0 bridgehead atoms. The van der Waals surface area contributed by atoms with E-state index in [-0.39, 0.29) is 17.4 Å². The van der Waals surface area contributed by atoms with Gasteiger partial charge in [0, 0.05) is 0 Å². The van der Waals surface area contributed by atoms with Gasteiger partial charge in [0.1, 0.15) is 0 Å². The second-order valence-corrected chi connectivity index (χ2v) is 3.64. The van der Waals surface area contributed by atoms with Crippen LogP contribution < -0.4 is 15.2 Å². The van der Waals surface area contributed by atoms with Crippen molar-refractivity contribution in [2.45, 2.75) is 0 Å². The van der Waals surface area contributed by atoms with Gasteiger partial charge in [0.05, 0.1) is 10.6 Å². The number of primary amides is 1. The summed E-state index contributed by atoms with van der Waals surface area (Å²) < 4.78 is 14.8. The van der Waals surface area contributed by atoms with Crippen LogP contribution in [0.25, 0.3) is 0 Å². The van der Waals surface area contributed by atoms with Crippen LogP contribution in [0.15, 0.2) is 12.1 Å². The zero-order valence-corrected chi connectivity index (χ0v) is 9.32. The molecule has 90 valence electrons. The lowest BCUT2D eigenvalue weighted by Crippen LogP contribution is -2.20. The molecule has 0 radical (unpaired) electrons. The third-order valence-electron chi connectivity index (χ3n) is 2.01. The predicted octanol–water partition coefficient (Wildman–Crippen LogP) is 0.711. The van der Waals surface area contributed by atoms with E-state index in [1.807, 2.05) is 0 Å². The van der Waals surface area contributed by atoms with E-state index in [4.69, 9.17) is 26.8 Å². The fourth-order valence-electron chi connectivity index (χ4n) is 1.31. The molecule has 2 N–H and O–H groups in total. The van der Waals surface area contributed by atoms with Crippen molar-refractivity contribution >= 4 is 23.5 Å². The van der Waals surface area contributed by atoms with E-state index in [9.17, 15) is 9.59 Å². The lowest BCUT2D eigenvalue weighted by molar-refractivity contribution is -0.121.